The average Bonchev–Trinajstić information content (AvgIpc) is 2.49. The van der Waals surface area contributed by atoms with Crippen molar-refractivity contribution in [1.29, 1.82) is 0 Å². The van der Waals surface area contributed by atoms with E-state index in [0.29, 0.717) is 11.7 Å². The second kappa shape index (κ2) is 7.91. The maximum absolute atomic E-state index is 6.01. The van der Waals surface area contributed by atoms with Gasteiger partial charge in [-0.3, -0.25) is 0 Å². The highest BCUT2D eigenvalue weighted by Crippen LogP contribution is 2.25. The van der Waals surface area contributed by atoms with Gasteiger partial charge in [0.1, 0.15) is 12.7 Å². The van der Waals surface area contributed by atoms with Crippen LogP contribution < -0.4 is 0 Å². The van der Waals surface area contributed by atoms with Crippen LogP contribution in [0.1, 0.15) is 31.1 Å². The van der Waals surface area contributed by atoms with Gasteiger partial charge in [-0.2, -0.15) is 0 Å². The molecule has 2 nitrogen and oxygen atoms in total. The second-order valence-electron chi connectivity index (χ2n) is 5.05. The van der Waals surface area contributed by atoms with E-state index in [1.165, 1.54) is 0 Å². The molecule has 0 N–H and O–H groups in total. The van der Waals surface area contributed by atoms with Crippen LogP contribution in [0.5, 0.6) is 0 Å². The third-order valence-electron chi connectivity index (χ3n) is 2.94. The molecule has 0 bridgehead atoms. The zero-order valence-electron chi connectivity index (χ0n) is 12.4. The van der Waals surface area contributed by atoms with Crippen molar-refractivity contribution in [2.24, 2.45) is 0 Å². The number of hydrogen-bond donors (Lipinski definition) is 0. The molecule has 2 aromatic carbocycles. The summed E-state index contributed by atoms with van der Waals surface area (Å²) in [5.74, 6) is 0. The summed E-state index contributed by atoms with van der Waals surface area (Å²) in [4.78, 5) is 0. The van der Waals surface area contributed by atoms with E-state index in [-0.39, 0.29) is 12.2 Å². The first-order valence-corrected chi connectivity index (χ1v) is 7.48. The lowest BCUT2D eigenvalue weighted by Gasteiger charge is -2.20. The Labute approximate surface area is 131 Å². The van der Waals surface area contributed by atoms with Gasteiger partial charge in [-0.25, -0.2) is 0 Å². The maximum Gasteiger partial charge on any atom is 0.185 e. The SMILES string of the molecule is CC(C)OC(=S)COC(c1ccccc1)c1ccccc1. The van der Waals surface area contributed by atoms with Crippen molar-refractivity contribution in [3.8, 4) is 0 Å². The Bertz CT molecular complexity index is 512. The largest absolute Gasteiger partial charge is 0.482 e. The van der Waals surface area contributed by atoms with Gasteiger partial charge >= 0.3 is 0 Å². The molecule has 0 atom stereocenters. The van der Waals surface area contributed by atoms with Crippen molar-refractivity contribution >= 4 is 17.3 Å². The zero-order chi connectivity index (χ0) is 15.1. The maximum atomic E-state index is 6.01. The van der Waals surface area contributed by atoms with Gasteiger partial charge in [0, 0.05) is 0 Å². The molecule has 0 spiro atoms. The van der Waals surface area contributed by atoms with Crippen LogP contribution in [0.15, 0.2) is 60.7 Å². The summed E-state index contributed by atoms with van der Waals surface area (Å²) in [6, 6.07) is 20.3. The second-order valence-corrected chi connectivity index (χ2v) is 5.51. The lowest BCUT2D eigenvalue weighted by Crippen LogP contribution is -2.18. The van der Waals surface area contributed by atoms with Crippen molar-refractivity contribution in [1.82, 2.24) is 0 Å². The van der Waals surface area contributed by atoms with Gasteiger partial charge in [-0.1, -0.05) is 60.7 Å². The van der Waals surface area contributed by atoms with Gasteiger partial charge in [-0.15, -0.1) is 0 Å². The molecule has 2 rings (SSSR count). The molecule has 0 aromatic heterocycles. The first-order chi connectivity index (χ1) is 10.2. The van der Waals surface area contributed by atoms with Crippen LogP contribution in [0.2, 0.25) is 0 Å². The van der Waals surface area contributed by atoms with Gasteiger partial charge in [0.2, 0.25) is 0 Å². The molecule has 0 saturated carbocycles. The topological polar surface area (TPSA) is 18.5 Å². The summed E-state index contributed by atoms with van der Waals surface area (Å²) < 4.78 is 11.5. The molecule has 21 heavy (non-hydrogen) atoms. The van der Waals surface area contributed by atoms with Gasteiger partial charge in [0.15, 0.2) is 5.05 Å². The standard InChI is InChI=1S/C18H20O2S/c1-14(2)20-17(21)13-19-18(15-9-5-3-6-10-15)16-11-7-4-8-12-16/h3-12,14,18H,13H2,1-2H3. The van der Waals surface area contributed by atoms with Crippen LogP contribution in [0.4, 0.5) is 0 Å². The lowest BCUT2D eigenvalue weighted by molar-refractivity contribution is 0.0943. The number of benzene rings is 2. The van der Waals surface area contributed by atoms with E-state index in [9.17, 15) is 0 Å². The summed E-state index contributed by atoms with van der Waals surface area (Å²) in [5.41, 5.74) is 2.21. The van der Waals surface area contributed by atoms with Gasteiger partial charge in [-0.05, 0) is 37.2 Å². The Hall–Kier alpha value is -1.71. The normalized spacial score (nSPS) is 10.9. The molecule has 0 aliphatic rings. The predicted octanol–water partition coefficient (Wildman–Crippen LogP) is 4.55. The molecule has 110 valence electrons. The van der Waals surface area contributed by atoms with Gasteiger partial charge < -0.3 is 9.47 Å². The van der Waals surface area contributed by atoms with Crippen LogP contribution in [-0.4, -0.2) is 17.8 Å². The minimum atomic E-state index is -0.138. The van der Waals surface area contributed by atoms with E-state index < -0.39 is 0 Å². The molecule has 0 radical (unpaired) electrons. The molecule has 0 unspecified atom stereocenters. The van der Waals surface area contributed by atoms with Crippen LogP contribution in [0.3, 0.4) is 0 Å². The Balaban J connectivity index is 2.12. The molecule has 0 amide bonds. The van der Waals surface area contributed by atoms with E-state index >= 15 is 0 Å². The molecule has 0 saturated heterocycles. The smallest absolute Gasteiger partial charge is 0.185 e. The Morgan fingerprint density at radius 2 is 1.38 bits per heavy atom. The molecular weight excluding hydrogens is 280 g/mol. The average molecular weight is 300 g/mol. The Morgan fingerprint density at radius 3 is 1.81 bits per heavy atom. The fourth-order valence-corrected chi connectivity index (χ4v) is 2.35. The quantitative estimate of drug-likeness (QED) is 0.729. The van der Waals surface area contributed by atoms with Crippen molar-refractivity contribution in [3.63, 3.8) is 0 Å². The molecular formula is C18H20O2S. The van der Waals surface area contributed by atoms with Crippen LogP contribution in [0.25, 0.3) is 0 Å². The fourth-order valence-electron chi connectivity index (χ4n) is 2.09. The van der Waals surface area contributed by atoms with Crippen molar-refractivity contribution in [3.05, 3.63) is 71.8 Å². The zero-order valence-corrected chi connectivity index (χ0v) is 13.2. The van der Waals surface area contributed by atoms with E-state index in [1.807, 2.05) is 50.2 Å². The van der Waals surface area contributed by atoms with Crippen LogP contribution in [0, 0.1) is 0 Å². The number of thiocarbonyl (C=S) groups is 1. The first kappa shape index (κ1) is 15.7. The van der Waals surface area contributed by atoms with Crippen LogP contribution in [-0.2, 0) is 9.47 Å². The molecule has 0 heterocycles. The summed E-state index contributed by atoms with van der Waals surface area (Å²) in [6.07, 6.45) is -0.0610. The minimum Gasteiger partial charge on any atom is -0.482 e. The lowest BCUT2D eigenvalue weighted by atomic mass is 10.0. The third kappa shape index (κ3) is 4.96. The summed E-state index contributed by atoms with van der Waals surface area (Å²) in [5, 5.41) is 0.488. The molecule has 3 heteroatoms. The van der Waals surface area contributed by atoms with Crippen molar-refractivity contribution in [2.75, 3.05) is 6.61 Å². The highest BCUT2D eigenvalue weighted by molar-refractivity contribution is 7.80. The van der Waals surface area contributed by atoms with E-state index in [2.05, 4.69) is 24.3 Å². The molecule has 2 aromatic rings. The summed E-state index contributed by atoms with van der Waals surface area (Å²) >= 11 is 5.20. The predicted molar refractivity (Wildman–Crippen MR) is 89.5 cm³/mol. The minimum absolute atomic E-state index is 0.0769. The fraction of sp³-hybridized carbons (Fsp3) is 0.278. The van der Waals surface area contributed by atoms with Gasteiger partial charge in [0.25, 0.3) is 0 Å². The number of hydrogen-bond acceptors (Lipinski definition) is 3. The Morgan fingerprint density at radius 1 is 0.905 bits per heavy atom. The highest BCUT2D eigenvalue weighted by Gasteiger charge is 2.15. The van der Waals surface area contributed by atoms with E-state index in [1.54, 1.807) is 0 Å². The molecule has 0 aliphatic heterocycles. The van der Waals surface area contributed by atoms with Gasteiger partial charge in [0.05, 0.1) is 6.10 Å². The highest BCUT2D eigenvalue weighted by atomic mass is 32.1. The Kier molecular flexibility index (Phi) is 5.90. The van der Waals surface area contributed by atoms with Crippen molar-refractivity contribution < 1.29 is 9.47 Å². The van der Waals surface area contributed by atoms with Crippen molar-refractivity contribution in [2.45, 2.75) is 26.1 Å². The summed E-state index contributed by atoms with van der Waals surface area (Å²) in [6.45, 7) is 4.22. The summed E-state index contributed by atoms with van der Waals surface area (Å²) in [7, 11) is 0. The molecule has 0 fully saturated rings. The monoisotopic (exact) mass is 300 g/mol. The van der Waals surface area contributed by atoms with E-state index in [0.717, 1.165) is 11.1 Å². The first-order valence-electron chi connectivity index (χ1n) is 7.08. The number of rotatable bonds is 6. The third-order valence-corrected chi connectivity index (χ3v) is 3.15. The van der Waals surface area contributed by atoms with Crippen LogP contribution >= 0.6 is 12.2 Å². The number of ether oxygens (including phenoxy) is 2. The van der Waals surface area contributed by atoms with E-state index in [4.69, 9.17) is 21.7 Å². The molecule has 0 aliphatic carbocycles.